The first kappa shape index (κ1) is 63.2. The molecule has 5 atom stereocenters. The highest BCUT2D eigenvalue weighted by Gasteiger charge is 2.46. The number of aromatic nitrogens is 2. The fourth-order valence-corrected chi connectivity index (χ4v) is 14.7. The molecule has 3 aliphatic rings. The third-order valence-corrected chi connectivity index (χ3v) is 20.0. The maximum atomic E-state index is 12.6. The van der Waals surface area contributed by atoms with E-state index in [9.17, 15) is 55.9 Å². The standard InChI is InChI=1S/C45H56N5O21P3S4/c1-6-48-34-17-15-30(77-69-68-55)24-32(34)44(2,3)38(48)13-8-7-9-14-39-45(4,5)33-25-31(78(63,64)65)16-18-35(33)49(39)21-11-22-75-76-23-19-40(52)46-20-10-12-29-27-50(43(54)47-42(29)53)41-26-36(51)37(67-41)28-66-73(59,60)71-74(61,62)70-72(56,57)58/h7-9,13-18,24-25,27,36-37,41,51H,6,11,19-23,26,28H2,1-5H3,(H7-,46,47,52,53,54,55,56,57,58,59,60,61,62,63,64,65)/p+1/t36?,37-,41-/m1/s1. The Kier molecular flexibility index (Phi) is 21.3. The molecule has 0 radical (unpaired) electrons. The molecule has 0 bridgehead atoms. The Morgan fingerprint density at radius 1 is 0.987 bits per heavy atom. The number of rotatable bonds is 25. The minimum absolute atomic E-state index is 0.143. The van der Waals surface area contributed by atoms with Crippen LogP contribution in [0, 0.1) is 11.8 Å². The summed E-state index contributed by atoms with van der Waals surface area (Å²) in [7, 11) is -18.4. The van der Waals surface area contributed by atoms with Crippen molar-refractivity contribution in [1.82, 2.24) is 14.9 Å². The molecule has 78 heavy (non-hydrogen) atoms. The van der Waals surface area contributed by atoms with E-state index in [1.807, 2.05) is 56.4 Å². The average molecular weight is 1230 g/mol. The van der Waals surface area contributed by atoms with E-state index in [1.54, 1.807) is 16.9 Å². The molecule has 0 spiro atoms. The number of nitrogens with one attached hydrogen (secondary N) is 2. The van der Waals surface area contributed by atoms with E-state index in [0.29, 0.717) is 24.5 Å². The van der Waals surface area contributed by atoms with Crippen LogP contribution in [0.5, 0.6) is 0 Å². The second-order valence-electron chi connectivity index (χ2n) is 18.2. The first-order valence-corrected chi connectivity index (χ1v) is 32.5. The number of amides is 1. The number of carbonyl (C=O) groups is 1. The van der Waals surface area contributed by atoms with Crippen molar-refractivity contribution in [3.8, 4) is 11.8 Å². The van der Waals surface area contributed by atoms with E-state index >= 15 is 0 Å². The van der Waals surface area contributed by atoms with Gasteiger partial charge in [0.05, 0.1) is 41.6 Å². The third kappa shape index (κ3) is 16.4. The monoisotopic (exact) mass is 1220 g/mol. The zero-order valence-electron chi connectivity index (χ0n) is 42.2. The highest BCUT2D eigenvalue weighted by atomic mass is 33.1. The van der Waals surface area contributed by atoms with Gasteiger partial charge in [-0.3, -0.25) is 28.2 Å². The SMILES string of the molecule is CCN1C(=CC=CC=CC2=[N+](CCCSSCCC(=O)NCC#Cc3cn([C@H]4CC(O)[C@@H](COP(=O)(O)OP(=O)(O)OP(=O)(O)O)O4)c(=O)[nH]c3=O)c3ccc(S(=O)(=O)O)cc3C2(C)C)C(C)(C)c2cc(SOOO)ccc21. The normalized spacial score (nSPS) is 20.9. The molecule has 9 N–H and O–H groups in total. The number of ether oxygens (including phenoxy) is 1. The smallest absolute Gasteiger partial charge is 0.390 e. The molecule has 6 rings (SSSR count). The lowest BCUT2D eigenvalue weighted by atomic mass is 9.81. The number of benzene rings is 2. The van der Waals surface area contributed by atoms with Gasteiger partial charge in [0.2, 0.25) is 11.6 Å². The van der Waals surface area contributed by atoms with E-state index < -0.39 is 75.3 Å². The van der Waals surface area contributed by atoms with Gasteiger partial charge in [0.1, 0.15) is 24.4 Å². The summed E-state index contributed by atoms with van der Waals surface area (Å²) in [5.41, 5.74) is 2.64. The van der Waals surface area contributed by atoms with Crippen molar-refractivity contribution in [3.05, 3.63) is 116 Å². The number of nitrogens with zero attached hydrogens (tertiary/aromatic N) is 3. The number of phosphoric acid groups is 3. The number of carbonyl (C=O) groups excluding carboxylic acids is 1. The minimum Gasteiger partial charge on any atom is -0.390 e. The Hall–Kier alpha value is -3.99. The van der Waals surface area contributed by atoms with Crippen molar-refractivity contribution in [3.63, 3.8) is 0 Å². The Labute approximate surface area is 459 Å². The molecule has 0 saturated carbocycles. The molecular weight excluding hydrogens is 1170 g/mol. The zero-order chi connectivity index (χ0) is 57.4. The van der Waals surface area contributed by atoms with Crippen LogP contribution in [0.2, 0.25) is 0 Å². The van der Waals surface area contributed by atoms with E-state index in [4.69, 9.17) is 19.8 Å². The van der Waals surface area contributed by atoms with Gasteiger partial charge in [-0.2, -0.15) is 21.6 Å². The molecular formula is C45H57N5O21P3S4+. The van der Waals surface area contributed by atoms with Crippen molar-refractivity contribution in [2.75, 3.05) is 42.6 Å². The van der Waals surface area contributed by atoms with Crippen molar-refractivity contribution in [2.45, 2.75) is 92.9 Å². The number of hydrogen-bond acceptors (Lipinski definition) is 20. The fraction of sp³-hybridized carbons (Fsp3) is 0.422. The number of likely N-dealkylation sites (N-methyl/N-ethyl adjacent to an activating group) is 1. The summed E-state index contributed by atoms with van der Waals surface area (Å²) >= 11 is 0.901. The van der Waals surface area contributed by atoms with Gasteiger partial charge >= 0.3 is 29.2 Å². The number of aliphatic hydroxyl groups excluding tert-OH is 1. The van der Waals surface area contributed by atoms with Crippen molar-refractivity contribution in [2.24, 2.45) is 0 Å². The lowest BCUT2D eigenvalue weighted by Gasteiger charge is -2.25. The average Bonchev–Trinajstić information content (AvgIpc) is 4.06. The molecule has 3 unspecified atom stereocenters. The van der Waals surface area contributed by atoms with Crippen LogP contribution in [0.15, 0.2) is 98.1 Å². The Bertz CT molecular complexity index is 3330. The van der Waals surface area contributed by atoms with Crippen LogP contribution in [0.3, 0.4) is 0 Å². The summed E-state index contributed by atoms with van der Waals surface area (Å²) in [5, 5.41) is 25.5. The molecule has 26 nitrogen and oxygen atoms in total. The van der Waals surface area contributed by atoms with Gasteiger partial charge < -0.3 is 39.6 Å². The van der Waals surface area contributed by atoms with Crippen LogP contribution in [0.1, 0.15) is 76.8 Å². The lowest BCUT2D eigenvalue weighted by Crippen LogP contribution is -2.34. The molecule has 0 aliphatic carbocycles. The number of hydrogen-bond donors (Lipinski definition) is 9. The summed E-state index contributed by atoms with van der Waals surface area (Å²) in [5.74, 6) is 6.02. The van der Waals surface area contributed by atoms with E-state index in [1.165, 1.54) is 22.9 Å². The molecule has 2 aromatic carbocycles. The maximum Gasteiger partial charge on any atom is 0.490 e. The molecule has 3 aliphatic heterocycles. The van der Waals surface area contributed by atoms with Gasteiger partial charge in [0, 0.05) is 82.9 Å². The van der Waals surface area contributed by atoms with Crippen molar-refractivity contribution < 1.29 is 93.2 Å². The minimum atomic E-state index is -5.80. The summed E-state index contributed by atoms with van der Waals surface area (Å²) in [6, 6.07) is 10.5. The van der Waals surface area contributed by atoms with Crippen LogP contribution in [-0.2, 0) is 66.7 Å². The molecule has 33 heteroatoms. The van der Waals surface area contributed by atoms with Gasteiger partial charge in [0.15, 0.2) is 5.71 Å². The Balaban J connectivity index is 0.999. The molecule has 1 aromatic heterocycles. The first-order valence-electron chi connectivity index (χ1n) is 23.3. The molecule has 1 amide bonds. The van der Waals surface area contributed by atoms with E-state index in [0.717, 1.165) is 68.2 Å². The number of anilines is 1. The number of H-pyrrole nitrogens is 1. The van der Waals surface area contributed by atoms with Crippen LogP contribution in [0.4, 0.5) is 11.4 Å². The number of phosphoric ester groups is 1. The number of aromatic amines is 1. The fourth-order valence-electron chi connectivity index (χ4n) is 8.71. The maximum absolute atomic E-state index is 12.6. The van der Waals surface area contributed by atoms with E-state index in [2.05, 4.69) is 81.0 Å². The molecule has 4 heterocycles. The quantitative estimate of drug-likeness (QED) is 0.00467. The predicted molar refractivity (Wildman–Crippen MR) is 288 cm³/mol. The largest absolute Gasteiger partial charge is 0.490 e. The zero-order valence-corrected chi connectivity index (χ0v) is 48.1. The van der Waals surface area contributed by atoms with Crippen molar-refractivity contribution in [1.29, 1.82) is 0 Å². The van der Waals surface area contributed by atoms with Gasteiger partial charge in [0.25, 0.3) is 15.7 Å². The van der Waals surface area contributed by atoms with E-state index in [-0.39, 0.29) is 41.2 Å². The topological polar surface area (TPSA) is 373 Å². The van der Waals surface area contributed by atoms with Crippen molar-refractivity contribution >= 4 is 90.2 Å². The van der Waals surface area contributed by atoms with Gasteiger partial charge in [-0.25, -0.2) is 23.7 Å². The van der Waals surface area contributed by atoms with Crippen LogP contribution < -0.4 is 21.5 Å². The second kappa shape index (κ2) is 26.3. The predicted octanol–water partition coefficient (Wildman–Crippen LogP) is 5.72. The summed E-state index contributed by atoms with van der Waals surface area (Å²) in [6.07, 6.45) is 7.28. The highest BCUT2D eigenvalue weighted by Crippen LogP contribution is 2.66. The summed E-state index contributed by atoms with van der Waals surface area (Å²) in [4.78, 5) is 79.1. The Morgan fingerprint density at radius 2 is 1.72 bits per heavy atom. The third-order valence-electron chi connectivity index (χ3n) is 12.2. The van der Waals surface area contributed by atoms with Crippen LogP contribution in [0.25, 0.3) is 0 Å². The van der Waals surface area contributed by atoms with Crippen LogP contribution >= 0.6 is 57.1 Å². The van der Waals surface area contributed by atoms with Gasteiger partial charge in [-0.1, -0.05) is 70.5 Å². The molecule has 1 fully saturated rings. The first-order chi connectivity index (χ1) is 36.5. The number of allylic oxidation sites excluding steroid dienone is 6. The van der Waals surface area contributed by atoms with Crippen LogP contribution in [-0.4, -0.2) is 119 Å². The second-order valence-corrected chi connectivity index (χ2v) is 27.6. The summed E-state index contributed by atoms with van der Waals surface area (Å²) in [6.45, 7) is 10.5. The van der Waals surface area contributed by atoms with Gasteiger partial charge in [-0.15, -0.1) is 4.33 Å². The molecule has 1 saturated heterocycles. The Morgan fingerprint density at radius 3 is 2.41 bits per heavy atom. The van der Waals surface area contributed by atoms with Gasteiger partial charge in [-0.05, 0) is 62.7 Å². The number of fused-ring (bicyclic) bond motifs is 2. The number of aliphatic hydroxyl groups is 1. The molecule has 426 valence electrons. The lowest BCUT2D eigenvalue weighted by molar-refractivity contribution is -0.437. The molecule has 3 aromatic rings. The highest BCUT2D eigenvalue weighted by molar-refractivity contribution is 8.76. The summed E-state index contributed by atoms with van der Waals surface area (Å²) < 4.78 is 93.8.